The summed E-state index contributed by atoms with van der Waals surface area (Å²) < 4.78 is 0. The van der Waals surface area contributed by atoms with E-state index in [0.29, 0.717) is 5.41 Å². The second-order valence-electron chi connectivity index (χ2n) is 4.60. The van der Waals surface area contributed by atoms with E-state index in [1.165, 1.54) is 25.7 Å². The first-order valence-corrected chi connectivity index (χ1v) is 4.81. The Bertz CT molecular complexity index is 140. The molecule has 1 heteroatoms. The molecule has 0 aromatic heterocycles. The third kappa shape index (κ3) is 1.44. The first kappa shape index (κ1) is 9.05. The summed E-state index contributed by atoms with van der Waals surface area (Å²) in [5, 5.41) is 0. The quantitative estimate of drug-likeness (QED) is 0.619. The maximum Gasteiger partial charge on any atom is 0.0203 e. The molecule has 1 fully saturated rings. The molecule has 0 spiro atoms. The lowest BCUT2D eigenvalue weighted by Gasteiger charge is -2.47. The summed E-state index contributed by atoms with van der Waals surface area (Å²) in [7, 11) is 0. The Morgan fingerprint density at radius 2 is 1.73 bits per heavy atom. The maximum absolute atomic E-state index is 6.34. The van der Waals surface area contributed by atoms with Crippen LogP contribution in [0, 0.1) is 5.41 Å². The van der Waals surface area contributed by atoms with Gasteiger partial charge in [-0.2, -0.15) is 0 Å². The van der Waals surface area contributed by atoms with Crippen molar-refractivity contribution in [3.8, 4) is 0 Å². The molecule has 0 radical (unpaired) electrons. The highest BCUT2D eigenvalue weighted by Crippen LogP contribution is 2.43. The SMILES string of the molecule is CCC1(N)CCCCC1(C)C. The normalized spacial score (nSPS) is 37.1. The van der Waals surface area contributed by atoms with Crippen molar-refractivity contribution in [2.24, 2.45) is 11.1 Å². The summed E-state index contributed by atoms with van der Waals surface area (Å²) in [5.74, 6) is 0. The van der Waals surface area contributed by atoms with Crippen molar-refractivity contribution < 1.29 is 0 Å². The third-order valence-electron chi connectivity index (χ3n) is 3.65. The molecule has 1 rings (SSSR count). The van der Waals surface area contributed by atoms with Crippen LogP contribution in [0.2, 0.25) is 0 Å². The molecule has 0 heterocycles. The average Bonchev–Trinajstić information content (AvgIpc) is 1.95. The molecule has 1 nitrogen and oxygen atoms in total. The lowest BCUT2D eigenvalue weighted by Crippen LogP contribution is -2.54. The van der Waals surface area contributed by atoms with Crippen molar-refractivity contribution in [3.63, 3.8) is 0 Å². The van der Waals surface area contributed by atoms with Gasteiger partial charge in [0.15, 0.2) is 0 Å². The van der Waals surface area contributed by atoms with Crippen molar-refractivity contribution in [3.05, 3.63) is 0 Å². The zero-order valence-electron chi connectivity index (χ0n) is 8.11. The van der Waals surface area contributed by atoms with Crippen LogP contribution in [0.15, 0.2) is 0 Å². The molecule has 1 unspecified atom stereocenters. The summed E-state index contributed by atoms with van der Waals surface area (Å²) in [4.78, 5) is 0. The predicted molar refractivity (Wildman–Crippen MR) is 49.5 cm³/mol. The van der Waals surface area contributed by atoms with E-state index in [0.717, 1.165) is 6.42 Å². The first-order chi connectivity index (χ1) is 5.02. The zero-order valence-corrected chi connectivity index (χ0v) is 8.11. The van der Waals surface area contributed by atoms with Crippen molar-refractivity contribution in [2.75, 3.05) is 0 Å². The molecule has 1 aliphatic rings. The lowest BCUT2D eigenvalue weighted by molar-refractivity contribution is 0.0953. The van der Waals surface area contributed by atoms with Crippen molar-refractivity contribution in [2.45, 2.75) is 58.4 Å². The molecule has 1 saturated carbocycles. The van der Waals surface area contributed by atoms with Gasteiger partial charge in [-0.3, -0.25) is 0 Å². The molecule has 1 atom stereocenters. The van der Waals surface area contributed by atoms with Crippen molar-refractivity contribution >= 4 is 0 Å². The van der Waals surface area contributed by atoms with Crippen LogP contribution in [0.5, 0.6) is 0 Å². The van der Waals surface area contributed by atoms with Crippen LogP contribution in [0.4, 0.5) is 0 Å². The summed E-state index contributed by atoms with van der Waals surface area (Å²) >= 11 is 0. The van der Waals surface area contributed by atoms with E-state index in [2.05, 4.69) is 20.8 Å². The lowest BCUT2D eigenvalue weighted by atomic mass is 9.62. The minimum absolute atomic E-state index is 0.116. The Kier molecular flexibility index (Phi) is 2.29. The van der Waals surface area contributed by atoms with Gasteiger partial charge in [0.2, 0.25) is 0 Å². The van der Waals surface area contributed by atoms with Crippen LogP contribution < -0.4 is 5.73 Å². The molecule has 66 valence electrons. The van der Waals surface area contributed by atoms with E-state index in [1.54, 1.807) is 0 Å². The van der Waals surface area contributed by atoms with E-state index >= 15 is 0 Å². The number of hydrogen-bond donors (Lipinski definition) is 1. The summed E-state index contributed by atoms with van der Waals surface area (Å²) in [6.07, 6.45) is 6.34. The Morgan fingerprint density at radius 1 is 1.18 bits per heavy atom. The van der Waals surface area contributed by atoms with E-state index < -0.39 is 0 Å². The van der Waals surface area contributed by atoms with Crippen molar-refractivity contribution in [1.29, 1.82) is 0 Å². The Balaban J connectivity index is 2.74. The van der Waals surface area contributed by atoms with E-state index in [-0.39, 0.29) is 5.54 Å². The molecule has 0 amide bonds. The van der Waals surface area contributed by atoms with Crippen LogP contribution >= 0.6 is 0 Å². The van der Waals surface area contributed by atoms with Gasteiger partial charge in [0, 0.05) is 5.54 Å². The van der Waals surface area contributed by atoms with Crippen molar-refractivity contribution in [1.82, 2.24) is 0 Å². The molecule has 0 saturated heterocycles. The first-order valence-electron chi connectivity index (χ1n) is 4.81. The van der Waals surface area contributed by atoms with Gasteiger partial charge < -0.3 is 5.73 Å². The monoisotopic (exact) mass is 155 g/mol. The summed E-state index contributed by atoms with van der Waals surface area (Å²) in [6.45, 7) is 6.85. The van der Waals surface area contributed by atoms with Gasteiger partial charge in [-0.1, -0.05) is 33.6 Å². The van der Waals surface area contributed by atoms with E-state index in [9.17, 15) is 0 Å². The average molecular weight is 155 g/mol. The molecule has 11 heavy (non-hydrogen) atoms. The highest BCUT2D eigenvalue weighted by molar-refractivity contribution is 4.99. The fourth-order valence-electron chi connectivity index (χ4n) is 2.25. The number of hydrogen-bond acceptors (Lipinski definition) is 1. The Labute approximate surface area is 70.4 Å². The van der Waals surface area contributed by atoms with Gasteiger partial charge in [0.05, 0.1) is 0 Å². The molecular formula is C10H21N. The minimum Gasteiger partial charge on any atom is -0.325 e. The third-order valence-corrected chi connectivity index (χ3v) is 3.65. The summed E-state index contributed by atoms with van der Waals surface area (Å²) in [6, 6.07) is 0. The zero-order chi connectivity index (χ0) is 8.54. The van der Waals surface area contributed by atoms with Gasteiger partial charge in [-0.15, -0.1) is 0 Å². The smallest absolute Gasteiger partial charge is 0.0203 e. The van der Waals surface area contributed by atoms with Crippen LogP contribution in [0.3, 0.4) is 0 Å². The second-order valence-corrected chi connectivity index (χ2v) is 4.60. The highest BCUT2D eigenvalue weighted by atomic mass is 14.8. The van der Waals surface area contributed by atoms with Crippen LogP contribution in [0.1, 0.15) is 52.9 Å². The van der Waals surface area contributed by atoms with E-state index in [4.69, 9.17) is 5.73 Å². The minimum atomic E-state index is 0.116. The predicted octanol–water partition coefficient (Wildman–Crippen LogP) is 2.69. The fourth-order valence-corrected chi connectivity index (χ4v) is 2.25. The molecular weight excluding hydrogens is 134 g/mol. The van der Waals surface area contributed by atoms with Gasteiger partial charge in [0.25, 0.3) is 0 Å². The molecule has 0 aromatic rings. The van der Waals surface area contributed by atoms with E-state index in [1.807, 2.05) is 0 Å². The van der Waals surface area contributed by atoms with Gasteiger partial charge >= 0.3 is 0 Å². The number of rotatable bonds is 1. The second kappa shape index (κ2) is 2.78. The Morgan fingerprint density at radius 3 is 2.09 bits per heavy atom. The molecule has 0 aromatic carbocycles. The van der Waals surface area contributed by atoms with Gasteiger partial charge in [0.1, 0.15) is 0 Å². The van der Waals surface area contributed by atoms with Crippen LogP contribution in [-0.4, -0.2) is 5.54 Å². The fraction of sp³-hybridized carbons (Fsp3) is 1.00. The molecule has 2 N–H and O–H groups in total. The maximum atomic E-state index is 6.34. The van der Waals surface area contributed by atoms with Crippen LogP contribution in [-0.2, 0) is 0 Å². The van der Waals surface area contributed by atoms with Crippen LogP contribution in [0.25, 0.3) is 0 Å². The largest absolute Gasteiger partial charge is 0.325 e. The number of nitrogens with two attached hydrogens (primary N) is 1. The van der Waals surface area contributed by atoms with Gasteiger partial charge in [-0.05, 0) is 24.7 Å². The molecule has 0 bridgehead atoms. The topological polar surface area (TPSA) is 26.0 Å². The molecule has 1 aliphatic carbocycles. The standard InChI is InChI=1S/C10H21N/c1-4-10(11)8-6-5-7-9(10,2)3/h4-8,11H2,1-3H3. The molecule has 0 aliphatic heterocycles. The Hall–Kier alpha value is -0.0400. The highest BCUT2D eigenvalue weighted by Gasteiger charge is 2.41. The summed E-state index contributed by atoms with van der Waals surface area (Å²) in [5.41, 5.74) is 6.81. The van der Waals surface area contributed by atoms with Gasteiger partial charge in [-0.25, -0.2) is 0 Å².